The van der Waals surface area contributed by atoms with Gasteiger partial charge in [-0.25, -0.2) is 4.39 Å². The second-order valence-electron chi connectivity index (χ2n) is 9.19. The minimum absolute atomic E-state index is 0.000721. The van der Waals surface area contributed by atoms with Crippen molar-refractivity contribution in [1.29, 1.82) is 0 Å². The summed E-state index contributed by atoms with van der Waals surface area (Å²) in [7, 11) is 1.59. The number of ether oxygens (including phenoxy) is 1. The molecular weight excluding hydrogens is 459 g/mol. The summed E-state index contributed by atoms with van der Waals surface area (Å²) in [4.78, 5) is 32.3. The van der Waals surface area contributed by atoms with Gasteiger partial charge in [0.2, 0.25) is 0 Å². The van der Waals surface area contributed by atoms with Crippen LogP contribution in [0.15, 0.2) is 66.4 Å². The van der Waals surface area contributed by atoms with Gasteiger partial charge in [0.15, 0.2) is 0 Å². The van der Waals surface area contributed by atoms with E-state index in [1.807, 2.05) is 32.9 Å². The Morgan fingerprint density at radius 2 is 1.86 bits per heavy atom. The molecule has 2 aromatic carbocycles. The van der Waals surface area contributed by atoms with Crippen molar-refractivity contribution in [2.45, 2.75) is 39.2 Å². The van der Waals surface area contributed by atoms with E-state index in [0.717, 1.165) is 11.1 Å². The van der Waals surface area contributed by atoms with E-state index in [1.54, 1.807) is 43.6 Å². The maximum absolute atomic E-state index is 13.3. The Kier molecular flexibility index (Phi) is 7.20. The summed E-state index contributed by atoms with van der Waals surface area (Å²) < 4.78 is 18.8. The van der Waals surface area contributed by atoms with Crippen LogP contribution in [0.25, 0.3) is 5.76 Å². The van der Waals surface area contributed by atoms with Crippen LogP contribution >= 0.6 is 0 Å². The first-order chi connectivity index (χ1) is 17.2. The molecule has 3 aromatic rings. The highest BCUT2D eigenvalue weighted by Crippen LogP contribution is 2.40. The standard InChI is InChI=1S/C29H29FN2O4/c1-17(2)21-16-22(18(3)15-24(21)36-4)27(33)25-26(23-7-5-6-13-31-23)32(29(35)28(25)34)14-12-19-8-10-20(30)11-9-19/h5-11,13,15-17,26,33H,12,14H2,1-4H3/b27-25+. The van der Waals surface area contributed by atoms with Gasteiger partial charge >= 0.3 is 0 Å². The van der Waals surface area contributed by atoms with Crippen molar-refractivity contribution in [2.24, 2.45) is 0 Å². The van der Waals surface area contributed by atoms with Gasteiger partial charge in [0.25, 0.3) is 11.7 Å². The number of likely N-dealkylation sites (tertiary alicyclic amines) is 1. The normalized spacial score (nSPS) is 17.2. The molecule has 36 heavy (non-hydrogen) atoms. The molecule has 0 saturated carbocycles. The predicted octanol–water partition coefficient (Wildman–Crippen LogP) is 5.33. The lowest BCUT2D eigenvalue weighted by atomic mass is 9.92. The van der Waals surface area contributed by atoms with Crippen LogP contribution in [0.2, 0.25) is 0 Å². The molecule has 6 nitrogen and oxygen atoms in total. The number of aliphatic hydroxyl groups excluding tert-OH is 1. The lowest BCUT2D eigenvalue weighted by molar-refractivity contribution is -0.139. The first kappa shape index (κ1) is 25.1. The van der Waals surface area contributed by atoms with Crippen LogP contribution < -0.4 is 4.74 Å². The van der Waals surface area contributed by atoms with Gasteiger partial charge in [0, 0.05) is 18.3 Å². The van der Waals surface area contributed by atoms with E-state index in [-0.39, 0.29) is 29.6 Å². The fraction of sp³-hybridized carbons (Fsp3) is 0.276. The first-order valence-electron chi connectivity index (χ1n) is 11.9. The van der Waals surface area contributed by atoms with Crippen molar-refractivity contribution in [1.82, 2.24) is 9.88 Å². The minimum atomic E-state index is -0.851. The molecule has 2 heterocycles. The average molecular weight is 489 g/mol. The van der Waals surface area contributed by atoms with Crippen LogP contribution in [-0.4, -0.2) is 40.3 Å². The van der Waals surface area contributed by atoms with Gasteiger partial charge in [0.05, 0.1) is 18.4 Å². The Bertz CT molecular complexity index is 1320. The van der Waals surface area contributed by atoms with Crippen molar-refractivity contribution < 1.29 is 23.8 Å². The monoisotopic (exact) mass is 488 g/mol. The van der Waals surface area contributed by atoms with Gasteiger partial charge < -0.3 is 14.7 Å². The van der Waals surface area contributed by atoms with Crippen molar-refractivity contribution in [3.05, 3.63) is 100 Å². The largest absolute Gasteiger partial charge is 0.507 e. The molecule has 186 valence electrons. The van der Waals surface area contributed by atoms with Gasteiger partial charge in [0.1, 0.15) is 23.4 Å². The van der Waals surface area contributed by atoms with E-state index >= 15 is 0 Å². The SMILES string of the molecule is COc1cc(C)c(/C(O)=C2\C(=O)C(=O)N(CCc3ccc(F)cc3)C2c2ccccn2)cc1C(C)C. The Labute approximate surface area is 210 Å². The summed E-state index contributed by atoms with van der Waals surface area (Å²) in [5.41, 5.74) is 3.37. The molecule has 1 amide bonds. The predicted molar refractivity (Wildman–Crippen MR) is 135 cm³/mol. The van der Waals surface area contributed by atoms with Crippen LogP contribution in [0.3, 0.4) is 0 Å². The third-order valence-electron chi connectivity index (χ3n) is 6.52. The molecule has 1 unspecified atom stereocenters. The Hall–Kier alpha value is -4.00. The van der Waals surface area contributed by atoms with E-state index in [4.69, 9.17) is 4.74 Å². The maximum atomic E-state index is 13.3. The number of Topliss-reactive ketones (excluding diaryl/α,β-unsaturated/α-hetero) is 1. The highest BCUT2D eigenvalue weighted by Gasteiger charge is 2.46. The minimum Gasteiger partial charge on any atom is -0.507 e. The third kappa shape index (κ3) is 4.73. The van der Waals surface area contributed by atoms with Crippen LogP contribution in [0, 0.1) is 12.7 Å². The number of rotatable bonds is 7. The lowest BCUT2D eigenvalue weighted by Crippen LogP contribution is -2.32. The number of carbonyl (C=O) groups is 2. The number of nitrogens with zero attached hydrogens (tertiary/aromatic N) is 2. The third-order valence-corrected chi connectivity index (χ3v) is 6.52. The van der Waals surface area contributed by atoms with Crippen molar-refractivity contribution in [3.8, 4) is 5.75 Å². The maximum Gasteiger partial charge on any atom is 0.295 e. The lowest BCUT2D eigenvalue weighted by Gasteiger charge is -2.25. The number of aliphatic hydroxyl groups is 1. The zero-order valence-corrected chi connectivity index (χ0v) is 20.8. The molecule has 0 bridgehead atoms. The molecule has 1 aliphatic rings. The number of ketones is 1. The molecular formula is C29H29FN2O4. The summed E-state index contributed by atoms with van der Waals surface area (Å²) in [6, 6.07) is 14.1. The van der Waals surface area contributed by atoms with Crippen LogP contribution in [0.5, 0.6) is 5.75 Å². The summed E-state index contributed by atoms with van der Waals surface area (Å²) in [5, 5.41) is 11.5. The molecule has 1 aliphatic heterocycles. The fourth-order valence-corrected chi connectivity index (χ4v) is 4.58. The molecule has 1 fully saturated rings. The van der Waals surface area contributed by atoms with Crippen molar-refractivity contribution >= 4 is 17.4 Å². The number of hydrogen-bond donors (Lipinski definition) is 1. The molecule has 1 atom stereocenters. The van der Waals surface area contributed by atoms with E-state index in [0.29, 0.717) is 29.0 Å². The highest BCUT2D eigenvalue weighted by molar-refractivity contribution is 6.46. The number of carbonyl (C=O) groups excluding carboxylic acids is 2. The van der Waals surface area contributed by atoms with Gasteiger partial charge in [-0.2, -0.15) is 0 Å². The Morgan fingerprint density at radius 1 is 1.14 bits per heavy atom. The zero-order chi connectivity index (χ0) is 26.0. The smallest absolute Gasteiger partial charge is 0.295 e. The summed E-state index contributed by atoms with van der Waals surface area (Å²) in [6.45, 7) is 6.05. The molecule has 0 radical (unpaired) electrons. The van der Waals surface area contributed by atoms with Crippen molar-refractivity contribution in [3.63, 3.8) is 0 Å². The second-order valence-corrected chi connectivity index (χ2v) is 9.19. The van der Waals surface area contributed by atoms with Crippen LogP contribution in [0.1, 0.15) is 53.8 Å². The molecule has 1 saturated heterocycles. The molecule has 1 aromatic heterocycles. The summed E-state index contributed by atoms with van der Waals surface area (Å²) in [6.07, 6.45) is 2.00. The van der Waals surface area contributed by atoms with Crippen molar-refractivity contribution in [2.75, 3.05) is 13.7 Å². The topological polar surface area (TPSA) is 79.7 Å². The summed E-state index contributed by atoms with van der Waals surface area (Å²) in [5.74, 6) is -1.25. The van der Waals surface area contributed by atoms with E-state index in [1.165, 1.54) is 17.0 Å². The van der Waals surface area contributed by atoms with E-state index in [2.05, 4.69) is 4.98 Å². The number of aryl methyl sites for hydroxylation is 1. The molecule has 7 heteroatoms. The quantitative estimate of drug-likeness (QED) is 0.276. The fourth-order valence-electron chi connectivity index (χ4n) is 4.58. The van der Waals surface area contributed by atoms with Gasteiger partial charge in [-0.15, -0.1) is 0 Å². The van der Waals surface area contributed by atoms with E-state index in [9.17, 15) is 19.1 Å². The van der Waals surface area contributed by atoms with Gasteiger partial charge in [-0.1, -0.05) is 32.0 Å². The van der Waals surface area contributed by atoms with Crippen LogP contribution in [0.4, 0.5) is 4.39 Å². The van der Waals surface area contributed by atoms with Crippen LogP contribution in [-0.2, 0) is 16.0 Å². The number of aromatic nitrogens is 1. The number of halogens is 1. The average Bonchev–Trinajstić information content (AvgIpc) is 3.13. The second kappa shape index (κ2) is 10.3. The number of pyridine rings is 1. The molecule has 0 spiro atoms. The number of methoxy groups -OCH3 is 1. The molecule has 4 rings (SSSR count). The zero-order valence-electron chi connectivity index (χ0n) is 20.8. The Morgan fingerprint density at radius 3 is 2.47 bits per heavy atom. The van der Waals surface area contributed by atoms with Gasteiger partial charge in [-0.05, 0) is 72.4 Å². The van der Waals surface area contributed by atoms with Gasteiger partial charge in [-0.3, -0.25) is 14.6 Å². The summed E-state index contributed by atoms with van der Waals surface area (Å²) >= 11 is 0. The molecule has 1 N–H and O–H groups in total. The number of hydrogen-bond acceptors (Lipinski definition) is 5. The number of benzene rings is 2. The Balaban J connectivity index is 1.82. The first-order valence-corrected chi connectivity index (χ1v) is 11.9. The van der Waals surface area contributed by atoms with E-state index < -0.39 is 17.7 Å². The molecule has 0 aliphatic carbocycles. The highest BCUT2D eigenvalue weighted by atomic mass is 19.1. The number of amides is 1.